The predicted molar refractivity (Wildman–Crippen MR) is 145 cm³/mol. The van der Waals surface area contributed by atoms with Gasteiger partial charge in [-0.15, -0.1) is 0 Å². The maximum Gasteiger partial charge on any atom is 0.309 e. The van der Waals surface area contributed by atoms with Crippen LogP contribution in [0.2, 0.25) is 0 Å². The Morgan fingerprint density at radius 2 is 1.62 bits per heavy atom. The Balaban J connectivity index is 1.39. The monoisotopic (exact) mass is 548 g/mol. The van der Waals surface area contributed by atoms with Gasteiger partial charge in [0.25, 0.3) is 0 Å². The van der Waals surface area contributed by atoms with Crippen molar-refractivity contribution in [3.63, 3.8) is 0 Å². The summed E-state index contributed by atoms with van der Waals surface area (Å²) in [6.45, 7) is 0.812. The average molecular weight is 549 g/mol. The van der Waals surface area contributed by atoms with Gasteiger partial charge in [0.15, 0.2) is 23.0 Å². The third-order valence-corrected chi connectivity index (χ3v) is 7.45. The molecule has 10 heteroatoms. The third kappa shape index (κ3) is 5.48. The molecule has 40 heavy (non-hydrogen) atoms. The van der Waals surface area contributed by atoms with E-state index in [1.807, 2.05) is 41.3 Å². The van der Waals surface area contributed by atoms with Crippen LogP contribution in [-0.4, -0.2) is 63.1 Å². The number of ether oxygens (including phenoxy) is 5. The van der Waals surface area contributed by atoms with E-state index < -0.39 is 17.9 Å². The van der Waals surface area contributed by atoms with Crippen LogP contribution in [0.25, 0.3) is 0 Å². The molecule has 2 N–H and O–H groups in total. The smallest absolute Gasteiger partial charge is 0.309 e. The number of nitrogens with zero attached hydrogens (tertiary/aromatic N) is 1. The number of fused-ring (bicyclic) bond motifs is 1. The first-order chi connectivity index (χ1) is 19.4. The molecule has 2 aliphatic heterocycles. The Labute approximate surface area is 232 Å². The van der Waals surface area contributed by atoms with Crippen molar-refractivity contribution in [3.8, 4) is 28.7 Å². The van der Waals surface area contributed by atoms with Crippen molar-refractivity contribution in [1.82, 2.24) is 10.2 Å². The molecule has 3 aromatic carbocycles. The number of methoxy groups -OCH3 is 3. The van der Waals surface area contributed by atoms with Crippen LogP contribution in [0.5, 0.6) is 28.7 Å². The van der Waals surface area contributed by atoms with Gasteiger partial charge in [-0.25, -0.2) is 0 Å². The van der Waals surface area contributed by atoms with E-state index in [9.17, 15) is 14.7 Å². The zero-order valence-electron chi connectivity index (χ0n) is 22.6. The van der Waals surface area contributed by atoms with Crippen molar-refractivity contribution in [1.29, 1.82) is 0 Å². The fourth-order valence-electron chi connectivity index (χ4n) is 5.50. The number of carbonyl (C=O) groups is 2. The molecule has 2 aliphatic rings. The van der Waals surface area contributed by atoms with E-state index in [4.69, 9.17) is 23.7 Å². The van der Waals surface area contributed by atoms with Crippen LogP contribution in [0.3, 0.4) is 0 Å². The average Bonchev–Trinajstić information content (AvgIpc) is 3.60. The maximum absolute atomic E-state index is 13.2. The first kappa shape index (κ1) is 27.1. The number of likely N-dealkylation sites (tertiary alicyclic amines) is 1. The molecule has 0 saturated carbocycles. The summed E-state index contributed by atoms with van der Waals surface area (Å²) in [5.41, 5.74) is 2.47. The topological polar surface area (TPSA) is 116 Å². The van der Waals surface area contributed by atoms with Crippen molar-refractivity contribution < 1.29 is 38.4 Å². The highest BCUT2D eigenvalue weighted by Crippen LogP contribution is 2.47. The Hall–Kier alpha value is -4.44. The molecule has 210 valence electrons. The molecule has 1 unspecified atom stereocenters. The number of carboxylic acids is 1. The molecule has 10 nitrogen and oxygen atoms in total. The van der Waals surface area contributed by atoms with Gasteiger partial charge in [0.1, 0.15) is 5.75 Å². The van der Waals surface area contributed by atoms with Crippen LogP contribution in [-0.2, 0) is 16.1 Å². The van der Waals surface area contributed by atoms with Crippen LogP contribution >= 0.6 is 0 Å². The Kier molecular flexibility index (Phi) is 7.97. The largest absolute Gasteiger partial charge is 0.497 e. The zero-order chi connectivity index (χ0) is 28.2. The minimum Gasteiger partial charge on any atom is -0.497 e. The fourth-order valence-corrected chi connectivity index (χ4v) is 5.50. The summed E-state index contributed by atoms with van der Waals surface area (Å²) >= 11 is 0. The summed E-state index contributed by atoms with van der Waals surface area (Å²) in [6.07, 6.45) is 0. The minimum atomic E-state index is -0.934. The van der Waals surface area contributed by atoms with Gasteiger partial charge in [-0.05, 0) is 53.1 Å². The minimum absolute atomic E-state index is 0.0226. The van der Waals surface area contributed by atoms with Crippen LogP contribution in [0, 0.1) is 5.92 Å². The normalized spacial score (nSPS) is 19.7. The lowest BCUT2D eigenvalue weighted by molar-refractivity contribution is -0.143. The van der Waals surface area contributed by atoms with E-state index >= 15 is 0 Å². The molecule has 0 bridgehead atoms. The second-order valence-corrected chi connectivity index (χ2v) is 9.70. The van der Waals surface area contributed by atoms with E-state index in [2.05, 4.69) is 5.32 Å². The van der Waals surface area contributed by atoms with Gasteiger partial charge in [-0.2, -0.15) is 0 Å². The summed E-state index contributed by atoms with van der Waals surface area (Å²) < 4.78 is 26.9. The summed E-state index contributed by atoms with van der Waals surface area (Å²) in [5.74, 6) is 0.738. The lowest BCUT2D eigenvalue weighted by Crippen LogP contribution is -2.38. The number of aliphatic carboxylic acids is 1. The van der Waals surface area contributed by atoms with Crippen molar-refractivity contribution in [3.05, 3.63) is 77.4 Å². The highest BCUT2D eigenvalue weighted by Gasteiger charge is 2.48. The van der Waals surface area contributed by atoms with E-state index in [1.54, 1.807) is 45.6 Å². The number of carbonyl (C=O) groups excluding carboxylic acids is 1. The van der Waals surface area contributed by atoms with Gasteiger partial charge in [0.05, 0.1) is 33.8 Å². The number of hydrogen-bond donors (Lipinski definition) is 2. The summed E-state index contributed by atoms with van der Waals surface area (Å²) in [4.78, 5) is 27.9. The number of amides is 1. The van der Waals surface area contributed by atoms with Gasteiger partial charge in [-0.3, -0.25) is 14.5 Å². The van der Waals surface area contributed by atoms with Crippen molar-refractivity contribution in [2.75, 3.05) is 41.2 Å². The molecular formula is C30H32N2O8. The van der Waals surface area contributed by atoms with Crippen LogP contribution in [0.15, 0.2) is 60.7 Å². The second-order valence-electron chi connectivity index (χ2n) is 9.70. The zero-order valence-corrected chi connectivity index (χ0v) is 22.6. The Bertz CT molecular complexity index is 1380. The molecule has 1 fully saturated rings. The number of carboxylic acid groups (broad SMARTS) is 1. The second kappa shape index (κ2) is 11.7. The third-order valence-electron chi connectivity index (χ3n) is 7.45. The van der Waals surface area contributed by atoms with Crippen LogP contribution < -0.4 is 29.0 Å². The highest BCUT2D eigenvalue weighted by atomic mass is 16.7. The standard InChI is InChI=1S/C30H32N2O8/c1-36-21-8-5-19(6-9-21)29-28(30(34)35)22(20-7-11-24-26(13-20)40-17-39-24)15-32(29)16-27(33)31-14-18-4-10-23(37-2)25(12-18)38-3/h4-13,22,28-29H,14-17H2,1-3H3,(H,31,33)(H,34,35)/t22?,28-,29+/m0/s1. The maximum atomic E-state index is 13.2. The molecule has 1 amide bonds. The van der Waals surface area contributed by atoms with Crippen LogP contribution in [0.4, 0.5) is 0 Å². The molecule has 5 rings (SSSR count). The number of nitrogens with one attached hydrogen (secondary N) is 1. The van der Waals surface area contributed by atoms with Gasteiger partial charge in [0.2, 0.25) is 12.7 Å². The molecule has 0 radical (unpaired) electrons. The molecule has 3 atom stereocenters. The summed E-state index contributed by atoms with van der Waals surface area (Å²) in [5, 5.41) is 13.4. The molecule has 0 aromatic heterocycles. The molecule has 0 spiro atoms. The van der Waals surface area contributed by atoms with Gasteiger partial charge in [0, 0.05) is 25.0 Å². The first-order valence-electron chi connectivity index (χ1n) is 12.9. The van der Waals surface area contributed by atoms with Gasteiger partial charge < -0.3 is 34.1 Å². The van der Waals surface area contributed by atoms with Crippen molar-refractivity contribution >= 4 is 11.9 Å². The summed E-state index contributed by atoms with van der Waals surface area (Å²) in [6, 6.07) is 17.8. The van der Waals surface area contributed by atoms with E-state index in [0.29, 0.717) is 35.3 Å². The molecule has 0 aliphatic carbocycles. The lowest BCUT2D eigenvalue weighted by atomic mass is 9.82. The van der Waals surface area contributed by atoms with Crippen molar-refractivity contribution in [2.24, 2.45) is 5.92 Å². The predicted octanol–water partition coefficient (Wildman–Crippen LogP) is 3.60. The first-order valence-corrected chi connectivity index (χ1v) is 12.9. The fraction of sp³-hybridized carbons (Fsp3) is 0.333. The van der Waals surface area contributed by atoms with Gasteiger partial charge in [-0.1, -0.05) is 24.3 Å². The summed E-state index contributed by atoms with van der Waals surface area (Å²) in [7, 11) is 4.70. The molecular weight excluding hydrogens is 516 g/mol. The van der Waals surface area contributed by atoms with Crippen LogP contribution in [0.1, 0.15) is 28.7 Å². The quantitative estimate of drug-likeness (QED) is 0.392. The molecule has 2 heterocycles. The Morgan fingerprint density at radius 1 is 0.900 bits per heavy atom. The van der Waals surface area contributed by atoms with E-state index in [-0.39, 0.29) is 31.7 Å². The molecule has 3 aromatic rings. The number of rotatable bonds is 10. The van der Waals surface area contributed by atoms with E-state index in [0.717, 1.165) is 16.7 Å². The SMILES string of the molecule is COc1ccc([C@@H]2[C@@H](C(=O)O)C(c3ccc4c(c3)OCO4)CN2CC(=O)NCc2ccc(OC)c(OC)c2)cc1. The highest BCUT2D eigenvalue weighted by molar-refractivity contribution is 5.79. The number of benzene rings is 3. The molecule has 1 saturated heterocycles. The lowest BCUT2D eigenvalue weighted by Gasteiger charge is -2.27. The number of hydrogen-bond acceptors (Lipinski definition) is 8. The van der Waals surface area contributed by atoms with Gasteiger partial charge >= 0.3 is 5.97 Å². The van der Waals surface area contributed by atoms with E-state index in [1.165, 1.54) is 0 Å². The van der Waals surface area contributed by atoms with Crippen molar-refractivity contribution in [2.45, 2.75) is 18.5 Å². The Morgan fingerprint density at radius 3 is 2.33 bits per heavy atom.